The first-order chi connectivity index (χ1) is 12.0. The minimum Gasteiger partial charge on any atom is -0.508 e. The van der Waals surface area contributed by atoms with Crippen LogP contribution in [0.25, 0.3) is 11.3 Å². The molecule has 25 heavy (non-hydrogen) atoms. The number of phenolic OH excluding ortho intramolecular Hbond substituents is 2. The highest BCUT2D eigenvalue weighted by Gasteiger charge is 2.10. The average molecular weight is 357 g/mol. The number of carbonyl (C=O) groups is 1. The molecule has 4 N–H and O–H groups in total. The van der Waals surface area contributed by atoms with Gasteiger partial charge in [-0.25, -0.2) is 5.43 Å². The van der Waals surface area contributed by atoms with Crippen molar-refractivity contribution >= 4 is 23.7 Å². The maximum atomic E-state index is 12.1. The van der Waals surface area contributed by atoms with Crippen LogP contribution in [0.4, 0.5) is 0 Å². The van der Waals surface area contributed by atoms with E-state index in [4.69, 9.17) is 11.6 Å². The van der Waals surface area contributed by atoms with Gasteiger partial charge in [0.05, 0.1) is 11.9 Å². The molecule has 0 saturated carbocycles. The predicted molar refractivity (Wildman–Crippen MR) is 93.9 cm³/mol. The number of benzene rings is 2. The Balaban J connectivity index is 1.67. The fourth-order valence-corrected chi connectivity index (χ4v) is 2.19. The smallest absolute Gasteiger partial charge is 0.289 e. The van der Waals surface area contributed by atoms with E-state index >= 15 is 0 Å². The lowest BCUT2D eigenvalue weighted by Gasteiger charge is -1.99. The molecule has 1 heterocycles. The highest BCUT2D eigenvalue weighted by atomic mass is 35.5. The molecule has 0 fully saturated rings. The van der Waals surface area contributed by atoms with Gasteiger partial charge in [0, 0.05) is 22.2 Å². The number of aromatic amines is 1. The van der Waals surface area contributed by atoms with Gasteiger partial charge in [-0.2, -0.15) is 10.2 Å². The van der Waals surface area contributed by atoms with Crippen LogP contribution in [0.3, 0.4) is 0 Å². The Kier molecular flexibility index (Phi) is 4.67. The molecule has 1 aromatic heterocycles. The highest BCUT2D eigenvalue weighted by Crippen LogP contribution is 2.21. The lowest BCUT2D eigenvalue weighted by molar-refractivity contribution is 0.0950. The summed E-state index contributed by atoms with van der Waals surface area (Å²) >= 11 is 5.84. The highest BCUT2D eigenvalue weighted by molar-refractivity contribution is 6.30. The molecule has 0 aliphatic rings. The van der Waals surface area contributed by atoms with Gasteiger partial charge in [-0.1, -0.05) is 23.7 Å². The van der Waals surface area contributed by atoms with Gasteiger partial charge >= 0.3 is 0 Å². The summed E-state index contributed by atoms with van der Waals surface area (Å²) in [6.07, 6.45) is 1.27. The second-order valence-corrected chi connectivity index (χ2v) is 5.55. The zero-order chi connectivity index (χ0) is 17.8. The zero-order valence-corrected chi connectivity index (χ0v) is 13.5. The maximum absolute atomic E-state index is 12.1. The third-order valence-electron chi connectivity index (χ3n) is 3.35. The summed E-state index contributed by atoms with van der Waals surface area (Å²) in [7, 11) is 0. The summed E-state index contributed by atoms with van der Waals surface area (Å²) in [4.78, 5) is 12.1. The quantitative estimate of drug-likeness (QED) is 0.425. The Bertz CT molecular complexity index is 935. The molecule has 8 heteroatoms. The Morgan fingerprint density at radius 1 is 1.16 bits per heavy atom. The van der Waals surface area contributed by atoms with Crippen molar-refractivity contribution in [1.29, 1.82) is 0 Å². The van der Waals surface area contributed by atoms with Gasteiger partial charge < -0.3 is 10.2 Å². The number of amides is 1. The van der Waals surface area contributed by atoms with Crippen LogP contribution >= 0.6 is 11.6 Å². The first-order valence-electron chi connectivity index (χ1n) is 7.19. The van der Waals surface area contributed by atoms with Crippen LogP contribution in [0.2, 0.25) is 5.02 Å². The first-order valence-corrected chi connectivity index (χ1v) is 7.57. The number of halogens is 1. The average Bonchev–Trinajstić information content (AvgIpc) is 3.07. The monoisotopic (exact) mass is 356 g/mol. The van der Waals surface area contributed by atoms with Crippen molar-refractivity contribution in [3.63, 3.8) is 0 Å². The molecule has 0 bridgehead atoms. The van der Waals surface area contributed by atoms with Gasteiger partial charge in [-0.15, -0.1) is 0 Å². The standard InChI is InChI=1S/C17H13ClN4O3/c18-12-4-1-10(2-5-12)14-8-15(21-20-14)17(25)22-19-9-11-3-6-13(23)7-16(11)24/h1-9,23-24H,(H,20,21)(H,22,25)/b19-9+. The van der Waals surface area contributed by atoms with Crippen LogP contribution in [-0.4, -0.2) is 32.5 Å². The number of aromatic hydroxyl groups is 2. The third kappa shape index (κ3) is 3.96. The molecule has 0 spiro atoms. The van der Waals surface area contributed by atoms with Gasteiger partial charge in [-0.05, 0) is 30.3 Å². The molecular formula is C17H13ClN4O3. The fraction of sp³-hybridized carbons (Fsp3) is 0. The van der Waals surface area contributed by atoms with E-state index in [2.05, 4.69) is 20.7 Å². The topological polar surface area (TPSA) is 111 Å². The molecular weight excluding hydrogens is 344 g/mol. The van der Waals surface area contributed by atoms with Crippen LogP contribution < -0.4 is 5.43 Å². The molecule has 0 unspecified atom stereocenters. The van der Waals surface area contributed by atoms with Crippen LogP contribution in [0.15, 0.2) is 53.6 Å². The van der Waals surface area contributed by atoms with E-state index in [1.54, 1.807) is 30.3 Å². The Hall–Kier alpha value is -3.32. The molecule has 3 rings (SSSR count). The lowest BCUT2D eigenvalue weighted by atomic mass is 10.1. The SMILES string of the molecule is O=C(N/N=C/c1ccc(O)cc1O)c1cc(-c2ccc(Cl)cc2)n[nH]1. The molecule has 2 aromatic carbocycles. The van der Waals surface area contributed by atoms with E-state index in [1.165, 1.54) is 24.4 Å². The van der Waals surface area contributed by atoms with Crippen molar-refractivity contribution in [2.75, 3.05) is 0 Å². The summed E-state index contributed by atoms with van der Waals surface area (Å²) < 4.78 is 0. The second-order valence-electron chi connectivity index (χ2n) is 5.12. The Labute approximate surface area is 147 Å². The maximum Gasteiger partial charge on any atom is 0.289 e. The Morgan fingerprint density at radius 3 is 2.64 bits per heavy atom. The number of nitrogens with one attached hydrogen (secondary N) is 2. The van der Waals surface area contributed by atoms with Crippen molar-refractivity contribution < 1.29 is 15.0 Å². The van der Waals surface area contributed by atoms with Gasteiger partial charge in [0.1, 0.15) is 17.2 Å². The lowest BCUT2D eigenvalue weighted by Crippen LogP contribution is -2.18. The van der Waals surface area contributed by atoms with Crippen molar-refractivity contribution in [1.82, 2.24) is 15.6 Å². The molecule has 0 aliphatic heterocycles. The first kappa shape index (κ1) is 16.5. The van der Waals surface area contributed by atoms with Gasteiger partial charge in [0.25, 0.3) is 5.91 Å². The number of hydrazone groups is 1. The number of nitrogens with zero attached hydrogens (tertiary/aromatic N) is 2. The molecule has 1 amide bonds. The van der Waals surface area contributed by atoms with E-state index in [0.29, 0.717) is 16.3 Å². The molecule has 0 aliphatic carbocycles. The Morgan fingerprint density at radius 2 is 1.92 bits per heavy atom. The number of phenols is 2. The fourth-order valence-electron chi connectivity index (χ4n) is 2.07. The predicted octanol–water partition coefficient (Wildman–Crippen LogP) is 2.91. The molecule has 3 aromatic rings. The van der Waals surface area contributed by atoms with Crippen molar-refractivity contribution in [3.05, 3.63) is 64.8 Å². The molecule has 0 atom stereocenters. The van der Waals surface area contributed by atoms with Crippen LogP contribution in [-0.2, 0) is 0 Å². The van der Waals surface area contributed by atoms with Crippen LogP contribution in [0.5, 0.6) is 11.5 Å². The molecule has 7 nitrogen and oxygen atoms in total. The van der Waals surface area contributed by atoms with E-state index in [1.807, 2.05) is 0 Å². The summed E-state index contributed by atoms with van der Waals surface area (Å²) in [5.41, 5.74) is 4.33. The van der Waals surface area contributed by atoms with Gasteiger partial charge in [0.15, 0.2) is 0 Å². The number of aromatic nitrogens is 2. The minimum absolute atomic E-state index is 0.0640. The van der Waals surface area contributed by atoms with Gasteiger partial charge in [0.2, 0.25) is 0 Å². The van der Waals surface area contributed by atoms with E-state index in [9.17, 15) is 15.0 Å². The summed E-state index contributed by atoms with van der Waals surface area (Å²) in [5.74, 6) is -0.697. The normalized spacial score (nSPS) is 10.9. The number of hydrogen-bond acceptors (Lipinski definition) is 5. The van der Waals surface area contributed by atoms with Gasteiger partial charge in [-0.3, -0.25) is 9.89 Å². The molecule has 0 saturated heterocycles. The van der Waals surface area contributed by atoms with Crippen molar-refractivity contribution in [3.8, 4) is 22.8 Å². The molecule has 126 valence electrons. The number of hydrogen-bond donors (Lipinski definition) is 4. The third-order valence-corrected chi connectivity index (χ3v) is 3.60. The second kappa shape index (κ2) is 7.06. The summed E-state index contributed by atoms with van der Waals surface area (Å²) in [6.45, 7) is 0. The van der Waals surface area contributed by atoms with E-state index in [0.717, 1.165) is 5.56 Å². The van der Waals surface area contributed by atoms with Crippen molar-refractivity contribution in [2.24, 2.45) is 5.10 Å². The zero-order valence-electron chi connectivity index (χ0n) is 12.8. The number of carbonyl (C=O) groups excluding carboxylic acids is 1. The van der Waals surface area contributed by atoms with E-state index < -0.39 is 5.91 Å². The largest absolute Gasteiger partial charge is 0.508 e. The summed E-state index contributed by atoms with van der Waals surface area (Å²) in [5, 5.41) is 30.0. The number of H-pyrrole nitrogens is 1. The number of rotatable bonds is 4. The van der Waals surface area contributed by atoms with Crippen LogP contribution in [0, 0.1) is 0 Å². The minimum atomic E-state index is -0.484. The molecule has 0 radical (unpaired) electrons. The van der Waals surface area contributed by atoms with Crippen LogP contribution in [0.1, 0.15) is 16.1 Å². The summed E-state index contributed by atoms with van der Waals surface area (Å²) in [6, 6.07) is 12.7. The van der Waals surface area contributed by atoms with E-state index in [-0.39, 0.29) is 17.2 Å². The van der Waals surface area contributed by atoms with Crippen molar-refractivity contribution in [2.45, 2.75) is 0 Å².